The molecule has 2 rings (SSSR count). The Hall–Kier alpha value is -1.10. The van der Waals surface area contributed by atoms with Gasteiger partial charge in [-0.3, -0.25) is 0 Å². The van der Waals surface area contributed by atoms with Crippen molar-refractivity contribution in [1.82, 2.24) is 5.32 Å². The number of ether oxygens (including phenoxy) is 3. The first-order valence-corrected chi connectivity index (χ1v) is 9.80. The molecule has 0 amide bonds. The maximum atomic E-state index is 5.89. The molecule has 1 unspecified atom stereocenters. The number of hydrogen-bond donors (Lipinski definition) is 1. The summed E-state index contributed by atoms with van der Waals surface area (Å²) in [6.45, 7) is 5.55. The summed E-state index contributed by atoms with van der Waals surface area (Å²) in [7, 11) is 1.68. The van der Waals surface area contributed by atoms with E-state index in [0.717, 1.165) is 18.2 Å². The van der Waals surface area contributed by atoms with Crippen LogP contribution in [-0.4, -0.2) is 39.6 Å². The lowest BCUT2D eigenvalue weighted by atomic mass is 9.85. The zero-order valence-corrected chi connectivity index (χ0v) is 16.0. The van der Waals surface area contributed by atoms with Gasteiger partial charge in [0.1, 0.15) is 12.4 Å². The second-order valence-corrected chi connectivity index (χ2v) is 7.08. The summed E-state index contributed by atoms with van der Waals surface area (Å²) in [5, 5.41) is 3.68. The quantitative estimate of drug-likeness (QED) is 0.575. The van der Waals surface area contributed by atoms with Crippen LogP contribution in [0.25, 0.3) is 0 Å². The number of methoxy groups -OCH3 is 1. The van der Waals surface area contributed by atoms with Gasteiger partial charge in [0.2, 0.25) is 0 Å². The summed E-state index contributed by atoms with van der Waals surface area (Å²) in [4.78, 5) is 0. The van der Waals surface area contributed by atoms with Gasteiger partial charge in [0, 0.05) is 25.3 Å². The van der Waals surface area contributed by atoms with E-state index in [1.54, 1.807) is 7.11 Å². The molecule has 1 aliphatic carbocycles. The Bertz CT molecular complexity index is 460. The summed E-state index contributed by atoms with van der Waals surface area (Å²) in [6.07, 6.45) is 8.37. The lowest BCUT2D eigenvalue weighted by molar-refractivity contribution is 0.0542. The van der Waals surface area contributed by atoms with Gasteiger partial charge in [-0.2, -0.15) is 0 Å². The predicted octanol–water partition coefficient (Wildman–Crippen LogP) is 4.18. The van der Waals surface area contributed by atoms with E-state index >= 15 is 0 Å². The van der Waals surface area contributed by atoms with Gasteiger partial charge in [-0.25, -0.2) is 0 Å². The molecule has 1 aliphatic rings. The fourth-order valence-electron chi connectivity index (χ4n) is 3.54. The smallest absolute Gasteiger partial charge is 0.123 e. The van der Waals surface area contributed by atoms with Crippen molar-refractivity contribution >= 4 is 0 Å². The van der Waals surface area contributed by atoms with Crippen LogP contribution in [0, 0.1) is 5.92 Å². The van der Waals surface area contributed by atoms with Gasteiger partial charge < -0.3 is 19.5 Å². The molecule has 0 aliphatic heterocycles. The van der Waals surface area contributed by atoms with Gasteiger partial charge in [0.15, 0.2) is 0 Å². The Kier molecular flexibility index (Phi) is 9.93. The Morgan fingerprint density at radius 2 is 1.80 bits per heavy atom. The van der Waals surface area contributed by atoms with Crippen molar-refractivity contribution in [3.8, 4) is 5.75 Å². The molecule has 0 bridgehead atoms. The van der Waals surface area contributed by atoms with Crippen LogP contribution in [0.4, 0.5) is 0 Å². The predicted molar refractivity (Wildman–Crippen MR) is 102 cm³/mol. The number of rotatable bonds is 12. The summed E-state index contributed by atoms with van der Waals surface area (Å²) >= 11 is 0. The first-order chi connectivity index (χ1) is 12.3. The van der Waals surface area contributed by atoms with Gasteiger partial charge in [0.25, 0.3) is 0 Å². The number of hydrogen-bond acceptors (Lipinski definition) is 4. The van der Waals surface area contributed by atoms with Crippen molar-refractivity contribution in [2.24, 2.45) is 5.92 Å². The van der Waals surface area contributed by atoms with Gasteiger partial charge in [0.05, 0.1) is 19.8 Å². The number of nitrogens with one attached hydrogen (secondary N) is 1. The molecule has 0 radical (unpaired) electrons. The molecule has 25 heavy (non-hydrogen) atoms. The Labute approximate surface area is 153 Å². The molecule has 4 heteroatoms. The Morgan fingerprint density at radius 3 is 2.60 bits per heavy atom. The van der Waals surface area contributed by atoms with Gasteiger partial charge in [-0.05, 0) is 25.3 Å². The highest BCUT2D eigenvalue weighted by atomic mass is 16.5. The Balaban J connectivity index is 1.69. The fraction of sp³-hybridized carbons (Fsp3) is 0.714. The summed E-state index contributed by atoms with van der Waals surface area (Å²) in [5.74, 6) is 1.86. The molecule has 1 saturated carbocycles. The maximum absolute atomic E-state index is 5.89. The average molecular weight is 350 g/mol. The van der Waals surface area contributed by atoms with Crippen molar-refractivity contribution in [3.05, 3.63) is 29.8 Å². The second kappa shape index (κ2) is 12.3. The zero-order valence-electron chi connectivity index (χ0n) is 16.0. The topological polar surface area (TPSA) is 39.7 Å². The van der Waals surface area contributed by atoms with E-state index in [4.69, 9.17) is 14.2 Å². The largest absolute Gasteiger partial charge is 0.491 e. The van der Waals surface area contributed by atoms with Gasteiger partial charge >= 0.3 is 0 Å². The van der Waals surface area contributed by atoms with Crippen molar-refractivity contribution in [1.29, 1.82) is 0 Å². The molecule has 4 nitrogen and oxygen atoms in total. The molecule has 1 aromatic carbocycles. The van der Waals surface area contributed by atoms with Crippen molar-refractivity contribution in [2.45, 2.75) is 58.0 Å². The monoisotopic (exact) mass is 349 g/mol. The molecule has 0 heterocycles. The highest BCUT2D eigenvalue weighted by Crippen LogP contribution is 2.27. The molecule has 0 spiro atoms. The molecular formula is C21H35NO3. The van der Waals surface area contributed by atoms with E-state index in [9.17, 15) is 0 Å². The van der Waals surface area contributed by atoms with Crippen LogP contribution >= 0.6 is 0 Å². The first-order valence-electron chi connectivity index (χ1n) is 9.80. The normalized spacial score (nSPS) is 16.7. The minimum atomic E-state index is 0.550. The van der Waals surface area contributed by atoms with Crippen LogP contribution in [0.2, 0.25) is 0 Å². The third-order valence-electron chi connectivity index (χ3n) is 4.94. The standard InChI is InChI=1S/C21H35NO3/c1-18(16-19-8-4-3-5-9-19)22-17-20-10-6-7-11-21(20)25-15-14-24-13-12-23-2/h6-7,10-11,18-19,22H,3-5,8-9,12-17H2,1-2H3. The third kappa shape index (κ3) is 8.21. The lowest BCUT2D eigenvalue weighted by Gasteiger charge is -2.25. The number of benzene rings is 1. The molecule has 1 fully saturated rings. The van der Waals surface area contributed by atoms with E-state index in [1.165, 1.54) is 44.1 Å². The molecule has 142 valence electrons. The average Bonchev–Trinajstić information content (AvgIpc) is 2.64. The molecular weight excluding hydrogens is 314 g/mol. The van der Waals surface area contributed by atoms with Crippen molar-refractivity contribution in [2.75, 3.05) is 33.5 Å². The highest BCUT2D eigenvalue weighted by molar-refractivity contribution is 5.33. The van der Waals surface area contributed by atoms with Crippen molar-refractivity contribution < 1.29 is 14.2 Å². The molecule has 1 N–H and O–H groups in total. The SMILES string of the molecule is COCCOCCOc1ccccc1CNC(C)CC1CCCCC1. The van der Waals surface area contributed by atoms with Gasteiger partial charge in [-0.1, -0.05) is 50.3 Å². The van der Waals surface area contributed by atoms with Crippen LogP contribution in [-0.2, 0) is 16.0 Å². The second-order valence-electron chi connectivity index (χ2n) is 7.08. The lowest BCUT2D eigenvalue weighted by Crippen LogP contribution is -2.28. The van der Waals surface area contributed by atoms with Crippen LogP contribution in [0.15, 0.2) is 24.3 Å². The van der Waals surface area contributed by atoms with Crippen molar-refractivity contribution in [3.63, 3.8) is 0 Å². The van der Waals surface area contributed by atoms with E-state index in [0.29, 0.717) is 32.5 Å². The van der Waals surface area contributed by atoms with Crippen LogP contribution < -0.4 is 10.1 Å². The van der Waals surface area contributed by atoms with Crippen LogP contribution in [0.1, 0.15) is 51.0 Å². The molecule has 0 saturated heterocycles. The van der Waals surface area contributed by atoms with E-state index < -0.39 is 0 Å². The molecule has 0 aromatic heterocycles. The fourth-order valence-corrected chi connectivity index (χ4v) is 3.54. The number of para-hydroxylation sites is 1. The summed E-state index contributed by atoms with van der Waals surface area (Å²) < 4.78 is 16.3. The molecule has 1 atom stereocenters. The first kappa shape index (κ1) is 20.2. The zero-order chi connectivity index (χ0) is 17.7. The van der Waals surface area contributed by atoms with Crippen LogP contribution in [0.5, 0.6) is 5.75 Å². The Morgan fingerprint density at radius 1 is 1.04 bits per heavy atom. The highest BCUT2D eigenvalue weighted by Gasteiger charge is 2.16. The van der Waals surface area contributed by atoms with Gasteiger partial charge in [-0.15, -0.1) is 0 Å². The van der Waals surface area contributed by atoms with E-state index in [2.05, 4.69) is 24.4 Å². The third-order valence-corrected chi connectivity index (χ3v) is 4.94. The minimum absolute atomic E-state index is 0.550. The van der Waals surface area contributed by atoms with E-state index in [-0.39, 0.29) is 0 Å². The summed E-state index contributed by atoms with van der Waals surface area (Å²) in [5.41, 5.74) is 1.22. The molecule has 1 aromatic rings. The summed E-state index contributed by atoms with van der Waals surface area (Å²) in [6, 6.07) is 8.83. The van der Waals surface area contributed by atoms with E-state index in [1.807, 2.05) is 12.1 Å². The minimum Gasteiger partial charge on any atom is -0.491 e. The van der Waals surface area contributed by atoms with Crippen LogP contribution in [0.3, 0.4) is 0 Å². The maximum Gasteiger partial charge on any atom is 0.123 e.